The molecule has 1 aromatic rings. The zero-order chi connectivity index (χ0) is 14.5. The van der Waals surface area contributed by atoms with E-state index in [1.54, 1.807) is 6.92 Å². The van der Waals surface area contributed by atoms with Gasteiger partial charge in [0.25, 0.3) is 0 Å². The Kier molecular flexibility index (Phi) is 5.70. The van der Waals surface area contributed by atoms with E-state index in [4.69, 9.17) is 16.3 Å². The maximum Gasteiger partial charge on any atom is 0.0762 e. The van der Waals surface area contributed by atoms with Crippen LogP contribution in [-0.4, -0.2) is 30.9 Å². The summed E-state index contributed by atoms with van der Waals surface area (Å²) in [6.45, 7) is 6.62. The number of piperidine rings is 1. The molecule has 1 aliphatic rings. The smallest absolute Gasteiger partial charge is 0.0762 e. The lowest BCUT2D eigenvalue weighted by molar-refractivity contribution is 0.0440. The van der Waals surface area contributed by atoms with Crippen LogP contribution in [0.1, 0.15) is 44.8 Å². The molecule has 0 aromatic heterocycles. The Bertz CT molecular complexity index is 436. The van der Waals surface area contributed by atoms with Gasteiger partial charge < -0.3 is 14.7 Å². The topological polar surface area (TPSA) is 32.7 Å². The molecule has 1 heterocycles. The predicted octanol–water partition coefficient (Wildman–Crippen LogP) is 3.79. The number of aliphatic hydroxyl groups excluding tert-OH is 1. The molecule has 1 aromatic carbocycles. The molecule has 1 N–H and O–H groups in total. The Balaban J connectivity index is 2.06. The number of aliphatic hydroxyl groups is 1. The first-order valence-corrected chi connectivity index (χ1v) is 7.83. The minimum atomic E-state index is -0.483. The zero-order valence-electron chi connectivity index (χ0n) is 12.3. The van der Waals surface area contributed by atoms with Crippen molar-refractivity contribution >= 4 is 17.3 Å². The predicted molar refractivity (Wildman–Crippen MR) is 83.6 cm³/mol. The molecule has 1 aliphatic heterocycles. The van der Waals surface area contributed by atoms with E-state index in [9.17, 15) is 5.11 Å². The highest BCUT2D eigenvalue weighted by Crippen LogP contribution is 2.31. The van der Waals surface area contributed by atoms with Crippen LogP contribution in [0.4, 0.5) is 5.69 Å². The molecular weight excluding hydrogens is 274 g/mol. The van der Waals surface area contributed by atoms with Crippen LogP contribution in [0.5, 0.6) is 0 Å². The molecular formula is C16H24ClNO2. The number of halogens is 1. The molecule has 3 nitrogen and oxygen atoms in total. The van der Waals surface area contributed by atoms with Crippen LogP contribution in [0.3, 0.4) is 0 Å². The van der Waals surface area contributed by atoms with Crippen molar-refractivity contribution in [1.29, 1.82) is 0 Å². The van der Waals surface area contributed by atoms with Gasteiger partial charge in [-0.25, -0.2) is 0 Å². The third-order valence-corrected chi connectivity index (χ3v) is 4.03. The second kappa shape index (κ2) is 7.30. The van der Waals surface area contributed by atoms with Crippen molar-refractivity contribution in [2.75, 3.05) is 24.6 Å². The Morgan fingerprint density at radius 2 is 2.30 bits per heavy atom. The fraction of sp³-hybridized carbons (Fsp3) is 0.625. The van der Waals surface area contributed by atoms with Crippen molar-refractivity contribution in [1.82, 2.24) is 0 Å². The molecule has 2 unspecified atom stereocenters. The van der Waals surface area contributed by atoms with E-state index < -0.39 is 6.10 Å². The van der Waals surface area contributed by atoms with E-state index in [0.717, 1.165) is 50.2 Å². The van der Waals surface area contributed by atoms with E-state index in [1.807, 2.05) is 18.2 Å². The maximum absolute atomic E-state index is 9.60. The largest absolute Gasteiger partial charge is 0.389 e. The number of hydrogen-bond acceptors (Lipinski definition) is 3. The van der Waals surface area contributed by atoms with Crippen molar-refractivity contribution in [3.8, 4) is 0 Å². The highest BCUT2D eigenvalue weighted by Gasteiger charge is 2.22. The number of rotatable bonds is 5. The summed E-state index contributed by atoms with van der Waals surface area (Å²) in [4.78, 5) is 2.29. The molecule has 0 aliphatic carbocycles. The quantitative estimate of drug-likeness (QED) is 0.897. The van der Waals surface area contributed by atoms with Gasteiger partial charge in [-0.05, 0) is 43.9 Å². The van der Waals surface area contributed by atoms with Crippen LogP contribution in [0.2, 0.25) is 5.02 Å². The lowest BCUT2D eigenvalue weighted by Crippen LogP contribution is -2.40. The van der Waals surface area contributed by atoms with Crippen molar-refractivity contribution in [2.45, 2.75) is 45.3 Å². The first-order chi connectivity index (χ1) is 9.61. The van der Waals surface area contributed by atoms with E-state index >= 15 is 0 Å². The highest BCUT2D eigenvalue weighted by atomic mass is 35.5. The average molecular weight is 298 g/mol. The van der Waals surface area contributed by atoms with Crippen molar-refractivity contribution in [3.05, 3.63) is 28.8 Å². The van der Waals surface area contributed by atoms with E-state index in [1.165, 1.54) is 0 Å². The van der Waals surface area contributed by atoms with Crippen LogP contribution < -0.4 is 4.90 Å². The SMILES string of the molecule is CCCOC1CCCN(c2ccc(C(C)O)cc2Cl)C1. The Morgan fingerprint density at radius 1 is 1.50 bits per heavy atom. The molecule has 0 radical (unpaired) electrons. The molecule has 20 heavy (non-hydrogen) atoms. The fourth-order valence-corrected chi connectivity index (χ4v) is 2.93. The van der Waals surface area contributed by atoms with Crippen LogP contribution in [0.15, 0.2) is 18.2 Å². The monoisotopic (exact) mass is 297 g/mol. The Hall–Kier alpha value is -0.770. The number of benzene rings is 1. The molecule has 4 heteroatoms. The van der Waals surface area contributed by atoms with Gasteiger partial charge in [0.05, 0.1) is 22.9 Å². The normalized spacial score (nSPS) is 21.0. The zero-order valence-corrected chi connectivity index (χ0v) is 13.1. The standard InChI is InChI=1S/C16H24ClNO2/c1-3-9-20-14-5-4-8-18(11-14)16-7-6-13(12(2)19)10-15(16)17/h6-7,10,12,14,19H,3-5,8-9,11H2,1-2H3. The summed E-state index contributed by atoms with van der Waals surface area (Å²) in [5.41, 5.74) is 1.90. The minimum absolute atomic E-state index is 0.302. The highest BCUT2D eigenvalue weighted by molar-refractivity contribution is 6.33. The third kappa shape index (κ3) is 3.87. The van der Waals surface area contributed by atoms with Gasteiger partial charge in [-0.15, -0.1) is 0 Å². The lowest BCUT2D eigenvalue weighted by atomic mass is 10.1. The second-order valence-electron chi connectivity index (χ2n) is 5.47. The summed E-state index contributed by atoms with van der Waals surface area (Å²) in [5, 5.41) is 10.3. The van der Waals surface area contributed by atoms with E-state index in [2.05, 4.69) is 11.8 Å². The van der Waals surface area contributed by atoms with Gasteiger partial charge in [0.2, 0.25) is 0 Å². The summed E-state index contributed by atoms with van der Waals surface area (Å²) in [6.07, 6.45) is 3.13. The summed E-state index contributed by atoms with van der Waals surface area (Å²) >= 11 is 6.37. The van der Waals surface area contributed by atoms with E-state index in [-0.39, 0.29) is 0 Å². The van der Waals surface area contributed by atoms with Crippen molar-refractivity contribution in [3.63, 3.8) is 0 Å². The molecule has 2 rings (SSSR count). The Morgan fingerprint density at radius 3 is 2.95 bits per heavy atom. The van der Waals surface area contributed by atoms with Crippen molar-refractivity contribution < 1.29 is 9.84 Å². The van der Waals surface area contributed by atoms with Gasteiger partial charge in [0.1, 0.15) is 0 Å². The summed E-state index contributed by atoms with van der Waals surface area (Å²) < 4.78 is 5.86. The summed E-state index contributed by atoms with van der Waals surface area (Å²) in [5.74, 6) is 0. The minimum Gasteiger partial charge on any atom is -0.389 e. The van der Waals surface area contributed by atoms with Crippen LogP contribution in [-0.2, 0) is 4.74 Å². The summed E-state index contributed by atoms with van der Waals surface area (Å²) in [6, 6.07) is 5.81. The van der Waals surface area contributed by atoms with Gasteiger partial charge in [-0.1, -0.05) is 24.6 Å². The molecule has 0 bridgehead atoms. The maximum atomic E-state index is 9.60. The molecule has 2 atom stereocenters. The van der Waals surface area contributed by atoms with Gasteiger partial charge >= 0.3 is 0 Å². The van der Waals surface area contributed by atoms with Gasteiger partial charge in [0.15, 0.2) is 0 Å². The first kappa shape index (κ1) is 15.6. The second-order valence-corrected chi connectivity index (χ2v) is 5.88. The number of ether oxygens (including phenoxy) is 1. The molecule has 1 saturated heterocycles. The fourth-order valence-electron chi connectivity index (χ4n) is 2.62. The lowest BCUT2D eigenvalue weighted by Gasteiger charge is -2.35. The molecule has 112 valence electrons. The van der Waals surface area contributed by atoms with Gasteiger partial charge in [-0.3, -0.25) is 0 Å². The van der Waals surface area contributed by atoms with Crippen LogP contribution in [0, 0.1) is 0 Å². The molecule has 0 spiro atoms. The molecule has 0 saturated carbocycles. The molecule has 0 amide bonds. The van der Waals surface area contributed by atoms with E-state index in [0.29, 0.717) is 11.1 Å². The third-order valence-electron chi connectivity index (χ3n) is 3.73. The first-order valence-electron chi connectivity index (χ1n) is 7.46. The van der Waals surface area contributed by atoms with Crippen LogP contribution in [0.25, 0.3) is 0 Å². The average Bonchev–Trinajstić information content (AvgIpc) is 2.45. The number of nitrogens with zero attached hydrogens (tertiary/aromatic N) is 1. The van der Waals surface area contributed by atoms with Gasteiger partial charge in [-0.2, -0.15) is 0 Å². The number of anilines is 1. The number of hydrogen-bond donors (Lipinski definition) is 1. The molecule has 1 fully saturated rings. The van der Waals surface area contributed by atoms with Crippen molar-refractivity contribution in [2.24, 2.45) is 0 Å². The summed E-state index contributed by atoms with van der Waals surface area (Å²) in [7, 11) is 0. The van der Waals surface area contributed by atoms with Crippen LogP contribution >= 0.6 is 11.6 Å². The Labute approximate surface area is 126 Å². The van der Waals surface area contributed by atoms with Gasteiger partial charge in [0, 0.05) is 19.7 Å².